The molecule has 3 N–H and O–H groups in total. The Bertz CT molecular complexity index is 151. The maximum atomic E-state index is 9.92. The lowest BCUT2D eigenvalue weighted by atomic mass is 9.86. The molecule has 14 heavy (non-hydrogen) atoms. The van der Waals surface area contributed by atoms with Crippen molar-refractivity contribution in [3.63, 3.8) is 0 Å². The number of hydrogen-bond donors (Lipinski definition) is 2. The highest BCUT2D eigenvalue weighted by molar-refractivity contribution is 5.44. The zero-order valence-corrected chi connectivity index (χ0v) is 7.80. The molecule has 2 atom stereocenters. The van der Waals surface area contributed by atoms with Crippen molar-refractivity contribution in [1.29, 1.82) is 0 Å². The minimum absolute atomic E-state index is 0.340. The summed E-state index contributed by atoms with van der Waals surface area (Å²) in [4.78, 5) is 0. The molecular formula is C12H13NO. The first-order chi connectivity index (χ1) is 6.79. The molecule has 2 aliphatic rings. The van der Waals surface area contributed by atoms with Crippen molar-refractivity contribution in [3.8, 4) is 0 Å². The highest BCUT2D eigenvalue weighted by atomic mass is 16.3. The zero-order valence-electron chi connectivity index (χ0n) is 7.80. The quantitative estimate of drug-likeness (QED) is 0.675. The smallest absolute Gasteiger partial charge is 0.0765 e. The summed E-state index contributed by atoms with van der Waals surface area (Å²) >= 11 is 0. The predicted molar refractivity (Wildman–Crippen MR) is 54.9 cm³/mol. The van der Waals surface area contributed by atoms with Crippen LogP contribution in [0.2, 0.25) is 0 Å². The molecular weight excluding hydrogens is 174 g/mol. The average molecular weight is 187 g/mol. The molecule has 2 nitrogen and oxygen atoms in total. The summed E-state index contributed by atoms with van der Waals surface area (Å²) in [5.74, 6) is 1.84. The van der Waals surface area contributed by atoms with Gasteiger partial charge in [-0.1, -0.05) is 0 Å². The number of hydrogen-bond acceptors (Lipinski definition) is 2. The van der Waals surface area contributed by atoms with Crippen LogP contribution in [0.1, 0.15) is 0 Å². The van der Waals surface area contributed by atoms with E-state index in [1.165, 1.54) is 0 Å². The van der Waals surface area contributed by atoms with E-state index >= 15 is 0 Å². The Kier molecular flexibility index (Phi) is 3.45. The van der Waals surface area contributed by atoms with Crippen molar-refractivity contribution in [2.24, 2.45) is 5.73 Å². The van der Waals surface area contributed by atoms with Gasteiger partial charge in [-0.25, -0.2) is 0 Å². The molecule has 0 amide bonds. The fraction of sp³-hybridized carbons (Fsp3) is 0.167. The van der Waals surface area contributed by atoms with Gasteiger partial charge in [-0.05, 0) is 51.4 Å². The van der Waals surface area contributed by atoms with Crippen LogP contribution in [0.15, 0.2) is 0 Å². The number of nitrogens with two attached hydrogens (primary N) is 1. The lowest BCUT2D eigenvalue weighted by Crippen LogP contribution is -2.42. The second-order valence-electron chi connectivity index (χ2n) is 3.41. The Morgan fingerprint density at radius 3 is 1.79 bits per heavy atom. The van der Waals surface area contributed by atoms with Crippen molar-refractivity contribution in [2.75, 3.05) is 0 Å². The van der Waals surface area contributed by atoms with Crippen LogP contribution in [0.3, 0.4) is 0 Å². The zero-order chi connectivity index (χ0) is 9.97. The van der Waals surface area contributed by atoms with E-state index < -0.39 is 6.10 Å². The fourth-order valence-corrected chi connectivity index (χ4v) is 1.59. The van der Waals surface area contributed by atoms with Gasteiger partial charge < -0.3 is 10.8 Å². The molecule has 0 saturated heterocycles. The van der Waals surface area contributed by atoms with Gasteiger partial charge in [-0.15, -0.1) is 0 Å². The van der Waals surface area contributed by atoms with Gasteiger partial charge in [0, 0.05) is 17.9 Å². The molecule has 0 spiro atoms. The van der Waals surface area contributed by atoms with E-state index in [0.29, 0.717) is 0 Å². The third kappa shape index (κ3) is 2.12. The van der Waals surface area contributed by atoms with Gasteiger partial charge in [0.2, 0.25) is 0 Å². The van der Waals surface area contributed by atoms with Crippen molar-refractivity contribution in [1.82, 2.24) is 0 Å². The normalized spacial score (nSPS) is 29.6. The van der Waals surface area contributed by atoms with Crippen LogP contribution in [0.4, 0.5) is 0 Å². The van der Waals surface area contributed by atoms with Crippen LogP contribution >= 0.6 is 0 Å². The van der Waals surface area contributed by atoms with E-state index in [2.05, 4.69) is 0 Å². The number of aliphatic hydroxyl groups is 1. The molecule has 2 saturated carbocycles. The molecule has 0 aromatic heterocycles. The van der Waals surface area contributed by atoms with Crippen LogP contribution in [-0.4, -0.2) is 17.3 Å². The van der Waals surface area contributed by atoms with E-state index in [1.807, 2.05) is 51.4 Å². The third-order valence-corrected chi connectivity index (χ3v) is 2.44. The maximum Gasteiger partial charge on any atom is 0.0765 e. The molecule has 0 bridgehead atoms. The molecule has 2 heteroatoms. The second kappa shape index (κ2) is 4.63. The van der Waals surface area contributed by atoms with Crippen molar-refractivity contribution in [3.05, 3.63) is 63.2 Å². The Balaban J connectivity index is 1.85. The van der Waals surface area contributed by atoms with Gasteiger partial charge in [0.05, 0.1) is 6.10 Å². The fourth-order valence-electron chi connectivity index (χ4n) is 1.59. The molecule has 2 rings (SSSR count). The van der Waals surface area contributed by atoms with Crippen LogP contribution in [0.5, 0.6) is 0 Å². The molecule has 0 unspecified atom stereocenters. The van der Waals surface area contributed by atoms with Crippen LogP contribution in [-0.2, 0) is 0 Å². The van der Waals surface area contributed by atoms with Crippen molar-refractivity contribution < 1.29 is 5.11 Å². The monoisotopic (exact) mass is 187 g/mol. The molecule has 0 aromatic rings. The van der Waals surface area contributed by atoms with Crippen LogP contribution < -0.4 is 5.73 Å². The molecule has 0 aromatic carbocycles. The van der Waals surface area contributed by atoms with Gasteiger partial charge in [0.1, 0.15) is 0 Å². The topological polar surface area (TPSA) is 46.2 Å². The summed E-state index contributed by atoms with van der Waals surface area (Å²) < 4.78 is 0. The summed E-state index contributed by atoms with van der Waals surface area (Å²) in [6.45, 7) is 0. The predicted octanol–water partition coefficient (Wildman–Crippen LogP) is 0.485. The summed E-state index contributed by atoms with van der Waals surface area (Å²) in [6.07, 6.45) is 14.6. The van der Waals surface area contributed by atoms with Gasteiger partial charge in [0.25, 0.3) is 0 Å². The Labute approximate surface area is 86.9 Å². The largest absolute Gasteiger partial charge is 0.391 e. The molecule has 0 aliphatic heterocycles. The summed E-state index contributed by atoms with van der Waals surface area (Å²) in [7, 11) is 0. The first-order valence-electron chi connectivity index (χ1n) is 4.66. The first kappa shape index (κ1) is 10.4. The van der Waals surface area contributed by atoms with Gasteiger partial charge in [-0.3, -0.25) is 0 Å². The molecule has 10 radical (unpaired) electrons. The Morgan fingerprint density at radius 1 is 0.857 bits per heavy atom. The lowest BCUT2D eigenvalue weighted by Gasteiger charge is -2.27. The standard InChI is InChI=1S/C12H13NO/c13-11(9-5-1-2-6-9)12(14)10-7-3-4-8-10/h1-8,11-12,14H,13H2/t11-,12+/m1/s1. The average Bonchev–Trinajstić information content (AvgIpc) is 2.87. The molecule has 72 valence electrons. The summed E-state index contributed by atoms with van der Waals surface area (Å²) in [5, 5.41) is 9.92. The highest BCUT2D eigenvalue weighted by Gasteiger charge is 2.35. The molecule has 2 aliphatic carbocycles. The third-order valence-electron chi connectivity index (χ3n) is 2.44. The minimum atomic E-state index is -0.618. The van der Waals surface area contributed by atoms with Gasteiger partial charge in [-0.2, -0.15) is 0 Å². The Hall–Kier alpha value is -0.0800. The maximum absolute atomic E-state index is 9.92. The van der Waals surface area contributed by atoms with E-state index in [9.17, 15) is 5.11 Å². The van der Waals surface area contributed by atoms with E-state index in [4.69, 9.17) is 5.73 Å². The number of aliphatic hydroxyl groups excluding tert-OH is 1. The molecule has 0 heterocycles. The van der Waals surface area contributed by atoms with Crippen molar-refractivity contribution >= 4 is 0 Å². The second-order valence-corrected chi connectivity index (χ2v) is 3.41. The van der Waals surface area contributed by atoms with E-state index in [0.717, 1.165) is 11.8 Å². The highest BCUT2D eigenvalue weighted by Crippen LogP contribution is 2.33. The number of rotatable bonds is 3. The first-order valence-corrected chi connectivity index (χ1v) is 4.66. The lowest BCUT2D eigenvalue weighted by molar-refractivity contribution is 0.172. The van der Waals surface area contributed by atoms with Crippen LogP contribution in [0.25, 0.3) is 0 Å². The van der Waals surface area contributed by atoms with Crippen molar-refractivity contribution in [2.45, 2.75) is 12.1 Å². The Morgan fingerprint density at radius 2 is 1.29 bits per heavy atom. The van der Waals surface area contributed by atoms with Gasteiger partial charge in [0.15, 0.2) is 0 Å². The van der Waals surface area contributed by atoms with E-state index in [1.54, 1.807) is 0 Å². The summed E-state index contributed by atoms with van der Waals surface area (Å²) in [6, 6.07) is -0.340. The van der Waals surface area contributed by atoms with E-state index in [-0.39, 0.29) is 6.04 Å². The van der Waals surface area contributed by atoms with Gasteiger partial charge >= 0.3 is 0 Å². The molecule has 2 fully saturated rings. The minimum Gasteiger partial charge on any atom is -0.391 e. The summed E-state index contributed by atoms with van der Waals surface area (Å²) in [5.41, 5.74) is 5.92. The van der Waals surface area contributed by atoms with Crippen LogP contribution in [0, 0.1) is 63.2 Å². The SMILES string of the molecule is N[C@H]([C]1[CH][CH][CH][CH]1)[C@@H](O)[C]1[CH][CH][CH][CH]1.